The fourth-order valence-electron chi connectivity index (χ4n) is 5.20. The third-order valence-corrected chi connectivity index (χ3v) is 6.97. The van der Waals surface area contributed by atoms with E-state index in [9.17, 15) is 19.2 Å². The zero-order valence-electron chi connectivity index (χ0n) is 22.0. The zero-order chi connectivity index (χ0) is 29.1. The highest BCUT2D eigenvalue weighted by Gasteiger charge is 2.41. The lowest BCUT2D eigenvalue weighted by Crippen LogP contribution is -2.54. The Labute approximate surface area is 234 Å². The molecular formula is C28H27N9O4. The molecule has 1 aliphatic heterocycles. The molecule has 0 fully saturated rings. The van der Waals surface area contributed by atoms with Gasteiger partial charge < -0.3 is 16.4 Å². The highest BCUT2D eigenvalue weighted by atomic mass is 16.2. The molecule has 2 heterocycles. The van der Waals surface area contributed by atoms with Gasteiger partial charge in [0.2, 0.25) is 12.3 Å². The molecule has 208 valence electrons. The predicted octanol–water partition coefficient (Wildman–Crippen LogP) is 2.11. The van der Waals surface area contributed by atoms with E-state index in [0.717, 1.165) is 21.6 Å². The number of benzene rings is 3. The Hall–Kier alpha value is -5.59. The Morgan fingerprint density at radius 3 is 2.46 bits per heavy atom. The molecule has 2 unspecified atom stereocenters. The van der Waals surface area contributed by atoms with Gasteiger partial charge >= 0.3 is 6.03 Å². The maximum Gasteiger partial charge on any atom is 0.320 e. The average molecular weight is 554 g/mol. The summed E-state index contributed by atoms with van der Waals surface area (Å²) in [4.78, 5) is 55.1. The third-order valence-electron chi connectivity index (χ3n) is 6.97. The topological polar surface area (TPSA) is 184 Å². The predicted molar refractivity (Wildman–Crippen MR) is 150 cm³/mol. The summed E-state index contributed by atoms with van der Waals surface area (Å²) in [6.07, 6.45) is 0.651. The van der Waals surface area contributed by atoms with Crippen LogP contribution in [0.1, 0.15) is 29.0 Å². The molecule has 13 nitrogen and oxygen atoms in total. The fourth-order valence-corrected chi connectivity index (χ4v) is 5.20. The molecule has 41 heavy (non-hydrogen) atoms. The summed E-state index contributed by atoms with van der Waals surface area (Å²) in [5, 5.41) is 13.4. The van der Waals surface area contributed by atoms with Crippen LogP contribution in [0.5, 0.6) is 0 Å². The van der Waals surface area contributed by atoms with Gasteiger partial charge in [0.1, 0.15) is 12.6 Å². The van der Waals surface area contributed by atoms with Gasteiger partial charge in [-0.15, -0.1) is 5.10 Å². The first-order valence-electron chi connectivity index (χ1n) is 12.7. The van der Waals surface area contributed by atoms with Crippen molar-refractivity contribution in [1.29, 1.82) is 0 Å². The number of aromatic nitrogens is 4. The van der Waals surface area contributed by atoms with Gasteiger partial charge in [0.25, 0.3) is 11.9 Å². The van der Waals surface area contributed by atoms with Crippen LogP contribution in [0.15, 0.2) is 72.8 Å². The third kappa shape index (κ3) is 5.32. The molecule has 5 N–H and O–H groups in total. The van der Waals surface area contributed by atoms with Crippen LogP contribution in [-0.4, -0.2) is 57.5 Å². The van der Waals surface area contributed by atoms with Crippen LogP contribution in [0.3, 0.4) is 0 Å². The Balaban J connectivity index is 1.66. The Kier molecular flexibility index (Phi) is 7.41. The lowest BCUT2D eigenvalue weighted by molar-refractivity contribution is -0.123. The van der Waals surface area contributed by atoms with Crippen LogP contribution in [0.4, 0.5) is 27.8 Å². The van der Waals surface area contributed by atoms with E-state index in [1.807, 2.05) is 55.5 Å². The lowest BCUT2D eigenvalue weighted by atomic mass is 9.85. The number of primary amides is 2. The minimum Gasteiger partial charge on any atom is -0.368 e. The number of hydrogen-bond acceptors (Lipinski definition) is 7. The number of carbonyl (C=O) groups is 4. The maximum absolute atomic E-state index is 14.3. The van der Waals surface area contributed by atoms with E-state index in [2.05, 4.69) is 20.6 Å². The van der Waals surface area contributed by atoms with E-state index in [-0.39, 0.29) is 24.0 Å². The molecule has 2 atom stereocenters. The summed E-state index contributed by atoms with van der Waals surface area (Å²) in [5.41, 5.74) is 15.2. The molecular weight excluding hydrogens is 526 g/mol. The number of hydrogen-bond donors (Lipinski definition) is 3. The number of amides is 5. The molecule has 0 aliphatic carbocycles. The van der Waals surface area contributed by atoms with Crippen molar-refractivity contribution < 1.29 is 19.2 Å². The van der Waals surface area contributed by atoms with Crippen molar-refractivity contribution in [1.82, 2.24) is 20.6 Å². The fraction of sp³-hybridized carbons (Fsp3) is 0.179. The number of urea groups is 1. The quantitative estimate of drug-likeness (QED) is 0.279. The first kappa shape index (κ1) is 27.0. The van der Waals surface area contributed by atoms with Crippen molar-refractivity contribution in [2.75, 3.05) is 21.2 Å². The van der Waals surface area contributed by atoms with E-state index in [1.165, 1.54) is 15.9 Å². The lowest BCUT2D eigenvalue weighted by Gasteiger charge is -2.33. The first-order valence-corrected chi connectivity index (χ1v) is 12.7. The van der Waals surface area contributed by atoms with Crippen LogP contribution < -0.4 is 26.2 Å². The summed E-state index contributed by atoms with van der Waals surface area (Å²) in [6.45, 7) is 1.49. The van der Waals surface area contributed by atoms with Gasteiger partial charge in [-0.25, -0.2) is 9.69 Å². The van der Waals surface area contributed by atoms with Gasteiger partial charge in [-0.1, -0.05) is 53.6 Å². The highest BCUT2D eigenvalue weighted by molar-refractivity contribution is 6.08. The number of nitrogens with zero attached hydrogens (tertiary/aromatic N) is 6. The molecule has 0 spiro atoms. The second-order valence-electron chi connectivity index (χ2n) is 9.58. The van der Waals surface area contributed by atoms with Gasteiger partial charge in [0, 0.05) is 17.3 Å². The summed E-state index contributed by atoms with van der Waals surface area (Å²) >= 11 is 0. The molecule has 13 heteroatoms. The Bertz CT molecular complexity index is 1590. The average Bonchev–Trinajstić information content (AvgIpc) is 3.46. The normalized spacial score (nSPS) is 16.4. The van der Waals surface area contributed by atoms with Gasteiger partial charge in [-0.3, -0.25) is 19.3 Å². The molecule has 5 amide bonds. The van der Waals surface area contributed by atoms with Crippen LogP contribution in [0, 0.1) is 6.92 Å². The van der Waals surface area contributed by atoms with Gasteiger partial charge in [0.05, 0.1) is 5.69 Å². The van der Waals surface area contributed by atoms with Crippen LogP contribution in [0.2, 0.25) is 0 Å². The van der Waals surface area contributed by atoms with Crippen molar-refractivity contribution >= 4 is 47.3 Å². The van der Waals surface area contributed by atoms with E-state index in [4.69, 9.17) is 11.5 Å². The van der Waals surface area contributed by atoms with Crippen molar-refractivity contribution in [3.05, 3.63) is 89.5 Å². The summed E-state index contributed by atoms with van der Waals surface area (Å²) in [7, 11) is 0. The molecule has 1 aromatic heterocycles. The first-order chi connectivity index (χ1) is 19.8. The van der Waals surface area contributed by atoms with Crippen molar-refractivity contribution in [3.63, 3.8) is 0 Å². The van der Waals surface area contributed by atoms with Gasteiger partial charge in [0.15, 0.2) is 0 Å². The van der Waals surface area contributed by atoms with E-state index in [1.54, 1.807) is 18.2 Å². The molecule has 0 radical (unpaired) electrons. The Morgan fingerprint density at radius 2 is 1.80 bits per heavy atom. The molecule has 0 saturated heterocycles. The van der Waals surface area contributed by atoms with Crippen molar-refractivity contribution in [3.8, 4) is 0 Å². The van der Waals surface area contributed by atoms with Crippen LogP contribution in [0.25, 0.3) is 0 Å². The number of rotatable bonds is 8. The van der Waals surface area contributed by atoms with Crippen molar-refractivity contribution in [2.45, 2.75) is 25.3 Å². The van der Waals surface area contributed by atoms with Gasteiger partial charge in [-0.2, -0.15) is 5.21 Å². The standard InChI is InChI=1S/C28H27N9O4/c1-17-10-11-21-22(18-6-3-2-4-7-18)14-24(26(40)35(15-25(29)39)23(21)12-17)37(27(30)41)20-9-5-8-19(13-20)36(16-38)28-31-33-34-32-28/h2-13,16,22,24H,14-15H2,1H3,(H2,29,39)(H2,30,41)(H,31,32,33,34). The zero-order valence-corrected chi connectivity index (χ0v) is 22.0. The maximum atomic E-state index is 14.3. The van der Waals surface area contributed by atoms with Crippen molar-refractivity contribution in [2.24, 2.45) is 11.5 Å². The molecule has 0 saturated carbocycles. The number of carbonyl (C=O) groups excluding carboxylic acids is 4. The second kappa shape index (κ2) is 11.3. The number of nitrogens with one attached hydrogen (secondary N) is 1. The number of nitrogens with two attached hydrogens (primary N) is 2. The monoisotopic (exact) mass is 553 g/mol. The second-order valence-corrected chi connectivity index (χ2v) is 9.58. The number of anilines is 4. The van der Waals surface area contributed by atoms with E-state index in [0.29, 0.717) is 17.8 Å². The minimum absolute atomic E-state index is 0.0177. The Morgan fingerprint density at radius 1 is 1.05 bits per heavy atom. The molecule has 5 rings (SSSR count). The highest BCUT2D eigenvalue weighted by Crippen LogP contribution is 2.42. The summed E-state index contributed by atoms with van der Waals surface area (Å²) < 4.78 is 0. The molecule has 0 bridgehead atoms. The van der Waals surface area contributed by atoms with Crippen LogP contribution in [-0.2, 0) is 14.4 Å². The molecule has 1 aliphatic rings. The number of H-pyrrole nitrogens is 1. The van der Waals surface area contributed by atoms with E-state index < -0.39 is 30.4 Å². The number of aromatic amines is 1. The van der Waals surface area contributed by atoms with E-state index >= 15 is 0 Å². The number of tetrazole rings is 1. The molecule has 4 aromatic rings. The summed E-state index contributed by atoms with van der Waals surface area (Å²) in [5.74, 6) is -1.59. The number of aryl methyl sites for hydroxylation is 1. The minimum atomic E-state index is -1.13. The largest absolute Gasteiger partial charge is 0.368 e. The SMILES string of the molecule is Cc1ccc2c(c1)N(CC(N)=O)C(=O)C(N(C(N)=O)c1cccc(N(C=O)c3nn[nH]n3)c1)CC2c1ccccc1. The number of fused-ring (bicyclic) bond motifs is 1. The smallest absolute Gasteiger partial charge is 0.320 e. The van der Waals surface area contributed by atoms with Gasteiger partial charge in [-0.05, 0) is 59.5 Å². The van der Waals surface area contributed by atoms with Crippen LogP contribution >= 0.6 is 0 Å². The summed E-state index contributed by atoms with van der Waals surface area (Å²) in [6, 6.07) is 19.6. The molecule has 3 aromatic carbocycles.